The Hall–Kier alpha value is -2.38. The fourth-order valence-electron chi connectivity index (χ4n) is 2.75. The molecule has 1 aromatic rings. The van der Waals surface area contributed by atoms with Gasteiger partial charge in [-0.15, -0.1) is 0 Å². The van der Waals surface area contributed by atoms with Crippen LogP contribution in [0.4, 0.5) is 14.9 Å². The molecule has 0 aromatic carbocycles. The molecule has 1 fully saturated rings. The van der Waals surface area contributed by atoms with Crippen LogP contribution in [0.1, 0.15) is 12.8 Å². The molecule has 8 heteroatoms. The van der Waals surface area contributed by atoms with Crippen molar-refractivity contribution in [3.8, 4) is 5.88 Å². The molecule has 3 heterocycles. The highest BCUT2D eigenvalue weighted by Gasteiger charge is 2.35. The third kappa shape index (κ3) is 2.48. The van der Waals surface area contributed by atoms with Crippen molar-refractivity contribution < 1.29 is 23.8 Å². The molecule has 2 amide bonds. The molecule has 0 unspecified atom stereocenters. The van der Waals surface area contributed by atoms with Gasteiger partial charge in [0.25, 0.3) is 5.91 Å². The number of carbonyl (C=O) groups excluding carboxylic acids is 1. The Morgan fingerprint density at radius 2 is 2.14 bits per heavy atom. The van der Waals surface area contributed by atoms with Crippen molar-refractivity contribution in [3.63, 3.8) is 0 Å². The predicted molar refractivity (Wildman–Crippen MR) is 69.8 cm³/mol. The van der Waals surface area contributed by atoms with Gasteiger partial charge in [-0.05, 0) is 12.8 Å². The Labute approximate surface area is 119 Å². The number of pyridine rings is 1. The molecule has 2 aliphatic heterocycles. The van der Waals surface area contributed by atoms with E-state index in [2.05, 4.69) is 4.98 Å². The number of fused-ring (bicyclic) bond motifs is 1. The summed E-state index contributed by atoms with van der Waals surface area (Å²) in [7, 11) is 0. The highest BCUT2D eigenvalue weighted by atomic mass is 19.1. The lowest BCUT2D eigenvalue weighted by atomic mass is 10.0. The van der Waals surface area contributed by atoms with Crippen LogP contribution >= 0.6 is 0 Å². The fourth-order valence-corrected chi connectivity index (χ4v) is 2.75. The summed E-state index contributed by atoms with van der Waals surface area (Å²) >= 11 is 0. The maximum Gasteiger partial charge on any atom is 0.407 e. The van der Waals surface area contributed by atoms with E-state index in [4.69, 9.17) is 9.84 Å². The summed E-state index contributed by atoms with van der Waals surface area (Å²) in [4.78, 5) is 29.7. The molecule has 0 atom stereocenters. The minimum absolute atomic E-state index is 0.134. The number of rotatable bonds is 1. The number of likely N-dealkylation sites (tertiary alicyclic amines) is 1. The third-order valence-corrected chi connectivity index (χ3v) is 3.76. The zero-order chi connectivity index (χ0) is 15.0. The molecule has 7 nitrogen and oxygen atoms in total. The van der Waals surface area contributed by atoms with Crippen molar-refractivity contribution in [2.24, 2.45) is 0 Å². The predicted octanol–water partition coefficient (Wildman–Crippen LogP) is 1.09. The van der Waals surface area contributed by atoms with Crippen molar-refractivity contribution in [3.05, 3.63) is 18.1 Å². The summed E-state index contributed by atoms with van der Waals surface area (Å²) in [5.74, 6) is -0.569. The second-order valence-corrected chi connectivity index (χ2v) is 5.03. The molecule has 1 aromatic heterocycles. The topological polar surface area (TPSA) is 83.0 Å². The Bertz CT molecular complexity index is 587. The lowest BCUT2D eigenvalue weighted by Crippen LogP contribution is -2.51. The molecule has 2 aliphatic rings. The standard InChI is InChI=1S/C13H14FN3O4/c14-8-5-10-12(15-6-8)21-7-11(18)17(10)9-1-3-16(4-2-9)13(19)20/h5-6,9H,1-4,7H2,(H,19,20). The number of piperidine rings is 1. The number of anilines is 1. The van der Waals surface area contributed by atoms with Crippen LogP contribution in [-0.4, -0.2) is 52.7 Å². The van der Waals surface area contributed by atoms with Crippen molar-refractivity contribution in [2.75, 3.05) is 24.6 Å². The quantitative estimate of drug-likeness (QED) is 0.838. The molecule has 0 spiro atoms. The Balaban J connectivity index is 1.84. The maximum absolute atomic E-state index is 13.4. The molecule has 0 aliphatic carbocycles. The molecule has 1 N–H and O–H groups in total. The summed E-state index contributed by atoms with van der Waals surface area (Å²) in [5, 5.41) is 8.95. The fraction of sp³-hybridized carbons (Fsp3) is 0.462. The van der Waals surface area contributed by atoms with E-state index in [9.17, 15) is 14.0 Å². The molecule has 1 saturated heterocycles. The zero-order valence-electron chi connectivity index (χ0n) is 11.2. The van der Waals surface area contributed by atoms with Gasteiger partial charge in [0.05, 0.1) is 6.20 Å². The van der Waals surface area contributed by atoms with Gasteiger partial charge in [0.1, 0.15) is 11.5 Å². The summed E-state index contributed by atoms with van der Waals surface area (Å²) in [6.07, 6.45) is 1.09. The van der Waals surface area contributed by atoms with Gasteiger partial charge in [-0.2, -0.15) is 0 Å². The molecular formula is C13H14FN3O4. The van der Waals surface area contributed by atoms with E-state index in [0.29, 0.717) is 31.6 Å². The number of hydrogen-bond donors (Lipinski definition) is 1. The lowest BCUT2D eigenvalue weighted by molar-refractivity contribution is -0.122. The summed E-state index contributed by atoms with van der Waals surface area (Å²) in [6.45, 7) is 0.566. The first kappa shape index (κ1) is 13.6. The minimum atomic E-state index is -0.963. The monoisotopic (exact) mass is 295 g/mol. The van der Waals surface area contributed by atoms with Crippen molar-refractivity contribution >= 4 is 17.7 Å². The molecule has 21 heavy (non-hydrogen) atoms. The first-order chi connectivity index (χ1) is 10.1. The molecule has 0 radical (unpaired) electrons. The molecule has 0 saturated carbocycles. The minimum Gasteiger partial charge on any atom is -0.466 e. The van der Waals surface area contributed by atoms with E-state index in [0.717, 1.165) is 6.20 Å². The highest BCUT2D eigenvalue weighted by Crippen LogP contribution is 2.34. The van der Waals surface area contributed by atoms with E-state index in [1.54, 1.807) is 0 Å². The molecule has 3 rings (SSSR count). The largest absolute Gasteiger partial charge is 0.466 e. The number of carbonyl (C=O) groups is 2. The second kappa shape index (κ2) is 5.19. The van der Waals surface area contributed by atoms with Crippen molar-refractivity contribution in [1.82, 2.24) is 9.88 Å². The van der Waals surface area contributed by atoms with Crippen LogP contribution in [0, 0.1) is 5.82 Å². The van der Waals surface area contributed by atoms with E-state index in [1.807, 2.05) is 0 Å². The van der Waals surface area contributed by atoms with Gasteiger partial charge in [0.2, 0.25) is 5.88 Å². The van der Waals surface area contributed by atoms with Gasteiger partial charge >= 0.3 is 6.09 Å². The summed E-state index contributed by atoms with van der Waals surface area (Å²) in [5.41, 5.74) is 0.319. The van der Waals surface area contributed by atoms with Gasteiger partial charge < -0.3 is 19.6 Å². The molecule has 0 bridgehead atoms. The SMILES string of the molecule is O=C(O)N1CCC(N2C(=O)COc3ncc(F)cc32)CC1. The number of ether oxygens (including phenoxy) is 1. The highest BCUT2D eigenvalue weighted by molar-refractivity contribution is 5.97. The number of amides is 2. The van der Waals surface area contributed by atoms with Crippen LogP contribution in [0.25, 0.3) is 0 Å². The van der Waals surface area contributed by atoms with Crippen LogP contribution in [-0.2, 0) is 4.79 Å². The number of hydrogen-bond acceptors (Lipinski definition) is 4. The van der Waals surface area contributed by atoms with Crippen LogP contribution in [0.15, 0.2) is 12.3 Å². The van der Waals surface area contributed by atoms with Crippen LogP contribution in [0.3, 0.4) is 0 Å². The van der Waals surface area contributed by atoms with Crippen LogP contribution in [0.5, 0.6) is 5.88 Å². The smallest absolute Gasteiger partial charge is 0.407 e. The van der Waals surface area contributed by atoms with E-state index in [1.165, 1.54) is 15.9 Å². The number of halogens is 1. The Morgan fingerprint density at radius 1 is 1.43 bits per heavy atom. The second-order valence-electron chi connectivity index (χ2n) is 5.03. The first-order valence-electron chi connectivity index (χ1n) is 6.64. The van der Waals surface area contributed by atoms with Gasteiger partial charge in [-0.3, -0.25) is 4.79 Å². The maximum atomic E-state index is 13.4. The summed E-state index contributed by atoms with van der Waals surface area (Å²) < 4.78 is 18.6. The first-order valence-corrected chi connectivity index (χ1v) is 6.64. The average Bonchev–Trinajstić information content (AvgIpc) is 2.47. The average molecular weight is 295 g/mol. The Kier molecular flexibility index (Phi) is 3.36. The Morgan fingerprint density at radius 3 is 2.81 bits per heavy atom. The van der Waals surface area contributed by atoms with Crippen molar-refractivity contribution in [1.29, 1.82) is 0 Å². The zero-order valence-corrected chi connectivity index (χ0v) is 11.2. The van der Waals surface area contributed by atoms with E-state index < -0.39 is 11.9 Å². The number of nitrogens with zero attached hydrogens (tertiary/aromatic N) is 3. The van der Waals surface area contributed by atoms with Gasteiger partial charge in [-0.25, -0.2) is 14.2 Å². The van der Waals surface area contributed by atoms with E-state index >= 15 is 0 Å². The number of aromatic nitrogens is 1. The van der Waals surface area contributed by atoms with Crippen molar-refractivity contribution in [2.45, 2.75) is 18.9 Å². The van der Waals surface area contributed by atoms with Gasteiger partial charge in [0.15, 0.2) is 6.61 Å². The normalized spacial score (nSPS) is 19.2. The summed E-state index contributed by atoms with van der Waals surface area (Å²) in [6, 6.07) is 1.06. The molecular weight excluding hydrogens is 281 g/mol. The van der Waals surface area contributed by atoms with Gasteiger partial charge in [-0.1, -0.05) is 0 Å². The van der Waals surface area contributed by atoms with Gasteiger partial charge in [0, 0.05) is 25.2 Å². The number of carboxylic acid groups (broad SMARTS) is 1. The lowest BCUT2D eigenvalue weighted by Gasteiger charge is -2.39. The van der Waals surface area contributed by atoms with Crippen LogP contribution in [0.2, 0.25) is 0 Å². The third-order valence-electron chi connectivity index (χ3n) is 3.76. The molecule has 112 valence electrons. The van der Waals surface area contributed by atoms with Crippen LogP contribution < -0.4 is 9.64 Å². The van der Waals surface area contributed by atoms with E-state index in [-0.39, 0.29) is 24.4 Å².